The molecule has 1 aromatic heterocycles. The van der Waals surface area contributed by atoms with Gasteiger partial charge in [-0.05, 0) is 31.2 Å². The number of rotatable bonds is 6. The van der Waals surface area contributed by atoms with Crippen LogP contribution in [0.1, 0.15) is 33.1 Å². The average molecular weight is 297 g/mol. The summed E-state index contributed by atoms with van der Waals surface area (Å²) in [5, 5.41) is 3.02. The molecule has 1 fully saturated rings. The molecule has 112 valence electrons. The Balaban J connectivity index is 2.04. The molecule has 0 radical (unpaired) electrons. The van der Waals surface area contributed by atoms with E-state index in [1.165, 1.54) is 25.1 Å². The van der Waals surface area contributed by atoms with Crippen molar-refractivity contribution in [2.75, 3.05) is 18.4 Å². The maximum Gasteiger partial charge on any atom is 0.240 e. The van der Waals surface area contributed by atoms with Crippen molar-refractivity contribution >= 4 is 15.8 Å². The van der Waals surface area contributed by atoms with Crippen LogP contribution in [0.15, 0.2) is 23.2 Å². The third-order valence-corrected chi connectivity index (χ3v) is 5.40. The van der Waals surface area contributed by atoms with Crippen molar-refractivity contribution in [2.24, 2.45) is 11.8 Å². The van der Waals surface area contributed by atoms with Gasteiger partial charge >= 0.3 is 0 Å². The highest BCUT2D eigenvalue weighted by Gasteiger charge is 2.25. The third kappa shape index (κ3) is 3.70. The van der Waals surface area contributed by atoms with Crippen LogP contribution in [-0.4, -0.2) is 26.5 Å². The van der Waals surface area contributed by atoms with E-state index in [4.69, 9.17) is 0 Å². The van der Waals surface area contributed by atoms with Crippen molar-refractivity contribution < 1.29 is 8.42 Å². The number of aromatic nitrogens is 1. The molecule has 0 spiro atoms. The van der Waals surface area contributed by atoms with Crippen LogP contribution in [0.4, 0.5) is 5.82 Å². The summed E-state index contributed by atoms with van der Waals surface area (Å²) >= 11 is 0. The van der Waals surface area contributed by atoms with E-state index in [1.807, 2.05) is 6.92 Å². The predicted octanol–water partition coefficient (Wildman–Crippen LogP) is 2.23. The molecule has 0 saturated heterocycles. The van der Waals surface area contributed by atoms with Gasteiger partial charge in [-0.15, -0.1) is 0 Å². The SMILES string of the molecule is CCNc1cc(S(=O)(=O)NCC2CCCC2C)ccn1. The second kappa shape index (κ2) is 6.54. The molecule has 1 aliphatic rings. The van der Waals surface area contributed by atoms with Crippen LogP contribution in [0.5, 0.6) is 0 Å². The lowest BCUT2D eigenvalue weighted by Crippen LogP contribution is -2.30. The van der Waals surface area contributed by atoms with E-state index >= 15 is 0 Å². The quantitative estimate of drug-likeness (QED) is 0.844. The predicted molar refractivity (Wildman–Crippen MR) is 80.1 cm³/mol. The standard InChI is InChI=1S/C14H23N3O2S/c1-3-15-14-9-13(7-8-16-14)20(18,19)17-10-12-6-4-5-11(12)2/h7-9,11-12,17H,3-6,10H2,1-2H3,(H,15,16). The largest absolute Gasteiger partial charge is 0.370 e. The van der Waals surface area contributed by atoms with E-state index in [0.717, 1.165) is 6.42 Å². The van der Waals surface area contributed by atoms with Gasteiger partial charge in [0.1, 0.15) is 5.82 Å². The summed E-state index contributed by atoms with van der Waals surface area (Å²) in [5.41, 5.74) is 0. The fourth-order valence-corrected chi connectivity index (χ4v) is 3.79. The zero-order valence-electron chi connectivity index (χ0n) is 12.1. The number of nitrogens with one attached hydrogen (secondary N) is 2. The van der Waals surface area contributed by atoms with Crippen LogP contribution in [0.25, 0.3) is 0 Å². The number of sulfonamides is 1. The highest BCUT2D eigenvalue weighted by molar-refractivity contribution is 7.89. The zero-order chi connectivity index (χ0) is 14.6. The van der Waals surface area contributed by atoms with E-state index in [1.54, 1.807) is 6.07 Å². The van der Waals surface area contributed by atoms with E-state index < -0.39 is 10.0 Å². The summed E-state index contributed by atoms with van der Waals surface area (Å²) in [4.78, 5) is 4.36. The fraction of sp³-hybridized carbons (Fsp3) is 0.643. The smallest absolute Gasteiger partial charge is 0.240 e. The molecule has 6 heteroatoms. The maximum atomic E-state index is 12.3. The number of hydrogen-bond donors (Lipinski definition) is 2. The lowest BCUT2D eigenvalue weighted by molar-refractivity contribution is 0.414. The van der Waals surface area contributed by atoms with Gasteiger partial charge in [0.25, 0.3) is 0 Å². The van der Waals surface area contributed by atoms with E-state index in [-0.39, 0.29) is 4.90 Å². The van der Waals surface area contributed by atoms with Gasteiger partial charge in [0.15, 0.2) is 0 Å². The molecule has 2 N–H and O–H groups in total. The second-order valence-electron chi connectivity index (χ2n) is 5.43. The number of pyridine rings is 1. The monoisotopic (exact) mass is 297 g/mol. The Morgan fingerprint density at radius 3 is 2.85 bits per heavy atom. The summed E-state index contributed by atoms with van der Waals surface area (Å²) in [5.74, 6) is 1.65. The van der Waals surface area contributed by atoms with Crippen LogP contribution in [-0.2, 0) is 10.0 Å². The highest BCUT2D eigenvalue weighted by atomic mass is 32.2. The van der Waals surface area contributed by atoms with E-state index in [2.05, 4.69) is 21.9 Å². The van der Waals surface area contributed by atoms with Gasteiger partial charge in [0, 0.05) is 25.4 Å². The van der Waals surface area contributed by atoms with Gasteiger partial charge < -0.3 is 5.32 Å². The molecule has 2 atom stereocenters. The Morgan fingerprint density at radius 1 is 1.40 bits per heavy atom. The normalized spacial score (nSPS) is 22.9. The molecule has 1 saturated carbocycles. The second-order valence-corrected chi connectivity index (χ2v) is 7.19. The van der Waals surface area contributed by atoms with Gasteiger partial charge in [0.2, 0.25) is 10.0 Å². The molecule has 2 rings (SSSR count). The van der Waals surface area contributed by atoms with E-state index in [0.29, 0.717) is 30.7 Å². The number of nitrogens with zero attached hydrogens (tertiary/aromatic N) is 1. The molecule has 1 heterocycles. The molecular weight excluding hydrogens is 274 g/mol. The molecular formula is C14H23N3O2S. The summed E-state index contributed by atoms with van der Waals surface area (Å²) in [7, 11) is -3.44. The lowest BCUT2D eigenvalue weighted by Gasteiger charge is -2.16. The Kier molecular flexibility index (Phi) is 4.99. The maximum absolute atomic E-state index is 12.3. The van der Waals surface area contributed by atoms with Crippen LogP contribution >= 0.6 is 0 Å². The zero-order valence-corrected chi connectivity index (χ0v) is 12.9. The molecule has 20 heavy (non-hydrogen) atoms. The Hall–Kier alpha value is -1.14. The van der Waals surface area contributed by atoms with Crippen LogP contribution in [0.3, 0.4) is 0 Å². The summed E-state index contributed by atoms with van der Waals surface area (Å²) in [6, 6.07) is 3.10. The highest BCUT2D eigenvalue weighted by Crippen LogP contribution is 2.30. The van der Waals surface area contributed by atoms with Crippen LogP contribution in [0.2, 0.25) is 0 Å². The molecule has 5 nitrogen and oxygen atoms in total. The van der Waals surface area contributed by atoms with Gasteiger partial charge in [-0.1, -0.05) is 19.8 Å². The summed E-state index contributed by atoms with van der Waals surface area (Å²) < 4.78 is 27.3. The van der Waals surface area contributed by atoms with Crippen molar-refractivity contribution in [3.63, 3.8) is 0 Å². The summed E-state index contributed by atoms with van der Waals surface area (Å²) in [6.07, 6.45) is 5.03. The molecule has 0 bridgehead atoms. The number of anilines is 1. The first kappa shape index (κ1) is 15.3. The van der Waals surface area contributed by atoms with Crippen molar-refractivity contribution in [3.05, 3.63) is 18.3 Å². The van der Waals surface area contributed by atoms with Gasteiger partial charge in [-0.3, -0.25) is 0 Å². The van der Waals surface area contributed by atoms with E-state index in [9.17, 15) is 8.42 Å². The van der Waals surface area contributed by atoms with Gasteiger partial charge in [-0.25, -0.2) is 18.1 Å². The van der Waals surface area contributed by atoms with Crippen molar-refractivity contribution in [1.29, 1.82) is 0 Å². The number of hydrogen-bond acceptors (Lipinski definition) is 4. The van der Waals surface area contributed by atoms with Gasteiger partial charge in [-0.2, -0.15) is 0 Å². The summed E-state index contributed by atoms with van der Waals surface area (Å²) in [6.45, 7) is 5.39. The van der Waals surface area contributed by atoms with Crippen molar-refractivity contribution in [1.82, 2.24) is 9.71 Å². The van der Waals surface area contributed by atoms with Crippen LogP contribution in [0, 0.1) is 11.8 Å². The Labute approximate surface area is 121 Å². The topological polar surface area (TPSA) is 71.1 Å². The first-order chi connectivity index (χ1) is 9.53. The third-order valence-electron chi connectivity index (χ3n) is 3.97. The minimum Gasteiger partial charge on any atom is -0.370 e. The first-order valence-corrected chi connectivity index (χ1v) is 8.71. The minimum absolute atomic E-state index is 0.272. The molecule has 0 aromatic carbocycles. The molecule has 0 amide bonds. The molecule has 1 aromatic rings. The van der Waals surface area contributed by atoms with Crippen molar-refractivity contribution in [3.8, 4) is 0 Å². The Morgan fingerprint density at radius 2 is 2.20 bits per heavy atom. The lowest BCUT2D eigenvalue weighted by atomic mass is 9.99. The molecule has 1 aliphatic carbocycles. The average Bonchev–Trinajstić information content (AvgIpc) is 2.83. The fourth-order valence-electron chi connectivity index (χ4n) is 2.68. The first-order valence-electron chi connectivity index (χ1n) is 7.22. The minimum atomic E-state index is -3.44. The van der Waals surface area contributed by atoms with Crippen LogP contribution < -0.4 is 10.0 Å². The molecule has 2 unspecified atom stereocenters. The Bertz CT molecular complexity index is 545. The van der Waals surface area contributed by atoms with Crippen molar-refractivity contribution in [2.45, 2.75) is 38.0 Å². The van der Waals surface area contributed by atoms with Gasteiger partial charge in [0.05, 0.1) is 4.90 Å². The molecule has 0 aliphatic heterocycles.